The minimum atomic E-state index is -0.182. The highest BCUT2D eigenvalue weighted by Gasteiger charge is 2.15. The lowest BCUT2D eigenvalue weighted by atomic mass is 10.3. The molecule has 0 fully saturated rings. The molecule has 0 aliphatic carbocycles. The van der Waals surface area contributed by atoms with Crippen LogP contribution in [0.1, 0.15) is 33.6 Å². The zero-order chi connectivity index (χ0) is 13.3. The maximum absolute atomic E-state index is 11.8. The Morgan fingerprint density at radius 2 is 1.71 bits per heavy atom. The van der Waals surface area contributed by atoms with Crippen molar-refractivity contribution >= 4 is 11.9 Å². The molecule has 0 saturated carbocycles. The van der Waals surface area contributed by atoms with Crippen LogP contribution in [0.5, 0.6) is 0 Å². The van der Waals surface area contributed by atoms with Gasteiger partial charge in [-0.15, -0.1) is 0 Å². The fourth-order valence-electron chi connectivity index (χ4n) is 1.46. The first-order chi connectivity index (χ1) is 8.06. The molecule has 5 heteroatoms. The first-order valence-electron chi connectivity index (χ1n) is 6.33. The van der Waals surface area contributed by atoms with Gasteiger partial charge in [-0.2, -0.15) is 0 Å². The van der Waals surface area contributed by atoms with Crippen molar-refractivity contribution in [3.05, 3.63) is 0 Å². The summed E-state index contributed by atoms with van der Waals surface area (Å²) in [5.41, 5.74) is 0. The van der Waals surface area contributed by atoms with Crippen LogP contribution in [0.15, 0.2) is 0 Å². The number of urea groups is 1. The van der Waals surface area contributed by atoms with E-state index in [1.54, 1.807) is 11.9 Å². The standard InChI is InChI=1S/C12H25N3O2/c1-5-8-9-13-12(17)14(4)10-11(16)15(6-2)7-3/h5-10H2,1-4H3,(H,13,17). The molecule has 17 heavy (non-hydrogen) atoms. The number of amides is 3. The molecule has 0 spiro atoms. The van der Waals surface area contributed by atoms with Crippen molar-refractivity contribution in [1.82, 2.24) is 15.1 Å². The van der Waals surface area contributed by atoms with E-state index in [9.17, 15) is 9.59 Å². The van der Waals surface area contributed by atoms with E-state index < -0.39 is 0 Å². The number of carbonyl (C=O) groups is 2. The van der Waals surface area contributed by atoms with E-state index in [0.29, 0.717) is 19.6 Å². The number of hydrogen-bond acceptors (Lipinski definition) is 2. The van der Waals surface area contributed by atoms with Crippen molar-refractivity contribution in [1.29, 1.82) is 0 Å². The Balaban J connectivity index is 4.02. The Hall–Kier alpha value is -1.26. The maximum Gasteiger partial charge on any atom is 0.317 e. The second-order valence-electron chi connectivity index (χ2n) is 4.01. The van der Waals surface area contributed by atoms with Gasteiger partial charge < -0.3 is 15.1 Å². The Bertz CT molecular complexity index is 240. The molecule has 0 rings (SSSR count). The van der Waals surface area contributed by atoms with Crippen LogP contribution >= 0.6 is 0 Å². The summed E-state index contributed by atoms with van der Waals surface area (Å²) in [6.45, 7) is 8.10. The summed E-state index contributed by atoms with van der Waals surface area (Å²) >= 11 is 0. The second-order valence-corrected chi connectivity index (χ2v) is 4.01. The van der Waals surface area contributed by atoms with Crippen LogP contribution in [0.2, 0.25) is 0 Å². The van der Waals surface area contributed by atoms with Gasteiger partial charge in [0.2, 0.25) is 5.91 Å². The third kappa shape index (κ3) is 6.14. The van der Waals surface area contributed by atoms with Crippen LogP contribution in [0.4, 0.5) is 4.79 Å². The average Bonchev–Trinajstić information content (AvgIpc) is 2.30. The predicted octanol–water partition coefficient (Wildman–Crippen LogP) is 1.30. The number of rotatable bonds is 7. The quantitative estimate of drug-likeness (QED) is 0.685. The summed E-state index contributed by atoms with van der Waals surface area (Å²) < 4.78 is 0. The third-order valence-electron chi connectivity index (χ3n) is 2.64. The second kappa shape index (κ2) is 8.84. The molecule has 1 N–H and O–H groups in total. The lowest BCUT2D eigenvalue weighted by Crippen LogP contribution is -2.44. The van der Waals surface area contributed by atoms with E-state index in [4.69, 9.17) is 0 Å². The van der Waals surface area contributed by atoms with Crippen LogP contribution in [0, 0.1) is 0 Å². The van der Waals surface area contributed by atoms with Crippen LogP contribution in [0.25, 0.3) is 0 Å². The van der Waals surface area contributed by atoms with Gasteiger partial charge in [0.25, 0.3) is 0 Å². The first-order valence-corrected chi connectivity index (χ1v) is 6.33. The molecule has 0 radical (unpaired) electrons. The van der Waals surface area contributed by atoms with Crippen molar-refractivity contribution in [2.75, 3.05) is 33.2 Å². The monoisotopic (exact) mass is 243 g/mol. The zero-order valence-electron chi connectivity index (χ0n) is 11.5. The molecule has 0 bridgehead atoms. The van der Waals surface area contributed by atoms with Gasteiger partial charge >= 0.3 is 6.03 Å². The molecule has 0 aromatic carbocycles. The zero-order valence-corrected chi connectivity index (χ0v) is 11.5. The van der Waals surface area contributed by atoms with Crippen molar-refractivity contribution in [2.24, 2.45) is 0 Å². The minimum Gasteiger partial charge on any atom is -0.342 e. The molecule has 0 unspecified atom stereocenters. The summed E-state index contributed by atoms with van der Waals surface area (Å²) in [6.07, 6.45) is 2.01. The molecular weight excluding hydrogens is 218 g/mol. The van der Waals surface area contributed by atoms with E-state index in [2.05, 4.69) is 12.2 Å². The van der Waals surface area contributed by atoms with Gasteiger partial charge in [0, 0.05) is 26.7 Å². The van der Waals surface area contributed by atoms with Crippen LogP contribution in [-0.4, -0.2) is 55.0 Å². The van der Waals surface area contributed by atoms with Crippen LogP contribution < -0.4 is 5.32 Å². The molecule has 0 aromatic rings. The topological polar surface area (TPSA) is 52.7 Å². The van der Waals surface area contributed by atoms with E-state index in [-0.39, 0.29) is 18.5 Å². The molecule has 0 aliphatic rings. The molecule has 5 nitrogen and oxygen atoms in total. The van der Waals surface area contributed by atoms with Gasteiger partial charge in [-0.1, -0.05) is 13.3 Å². The van der Waals surface area contributed by atoms with Gasteiger partial charge in [-0.05, 0) is 20.3 Å². The van der Waals surface area contributed by atoms with Crippen molar-refractivity contribution in [3.8, 4) is 0 Å². The van der Waals surface area contributed by atoms with E-state index in [1.165, 1.54) is 4.90 Å². The van der Waals surface area contributed by atoms with Crippen LogP contribution in [-0.2, 0) is 4.79 Å². The molecule has 0 aromatic heterocycles. The van der Waals surface area contributed by atoms with Crippen LogP contribution in [0.3, 0.4) is 0 Å². The highest BCUT2D eigenvalue weighted by Crippen LogP contribution is 1.93. The lowest BCUT2D eigenvalue weighted by molar-refractivity contribution is -0.131. The molecule has 0 heterocycles. The summed E-state index contributed by atoms with van der Waals surface area (Å²) in [5.74, 6) is -0.0110. The van der Waals surface area contributed by atoms with Crippen molar-refractivity contribution in [2.45, 2.75) is 33.6 Å². The normalized spacial score (nSPS) is 9.88. The summed E-state index contributed by atoms with van der Waals surface area (Å²) in [7, 11) is 1.64. The van der Waals surface area contributed by atoms with Gasteiger partial charge in [0.05, 0.1) is 0 Å². The van der Waals surface area contributed by atoms with Gasteiger partial charge in [-0.25, -0.2) is 4.79 Å². The van der Waals surface area contributed by atoms with E-state index in [1.807, 2.05) is 13.8 Å². The average molecular weight is 243 g/mol. The maximum atomic E-state index is 11.8. The molecule has 0 atom stereocenters. The van der Waals surface area contributed by atoms with Gasteiger partial charge in [0.1, 0.15) is 6.54 Å². The van der Waals surface area contributed by atoms with Gasteiger partial charge in [0.15, 0.2) is 0 Å². The number of nitrogens with one attached hydrogen (secondary N) is 1. The largest absolute Gasteiger partial charge is 0.342 e. The molecule has 0 saturated heterocycles. The number of unbranched alkanes of at least 4 members (excludes halogenated alkanes) is 1. The summed E-state index contributed by atoms with van der Waals surface area (Å²) in [5, 5.41) is 2.78. The Morgan fingerprint density at radius 1 is 1.12 bits per heavy atom. The number of nitrogens with zero attached hydrogens (tertiary/aromatic N) is 2. The summed E-state index contributed by atoms with van der Waals surface area (Å²) in [6, 6.07) is -0.182. The van der Waals surface area contributed by atoms with E-state index >= 15 is 0 Å². The highest BCUT2D eigenvalue weighted by atomic mass is 16.2. The fraction of sp³-hybridized carbons (Fsp3) is 0.833. The predicted molar refractivity (Wildman–Crippen MR) is 68.9 cm³/mol. The van der Waals surface area contributed by atoms with E-state index in [0.717, 1.165) is 12.8 Å². The summed E-state index contributed by atoms with van der Waals surface area (Å²) in [4.78, 5) is 26.5. The Labute approximate surface area is 104 Å². The molecule has 100 valence electrons. The van der Waals surface area contributed by atoms with Gasteiger partial charge in [-0.3, -0.25) is 4.79 Å². The number of hydrogen-bond donors (Lipinski definition) is 1. The lowest BCUT2D eigenvalue weighted by Gasteiger charge is -2.23. The number of carbonyl (C=O) groups excluding carboxylic acids is 2. The molecule has 0 aliphatic heterocycles. The first kappa shape index (κ1) is 15.7. The SMILES string of the molecule is CCCCNC(=O)N(C)CC(=O)N(CC)CC. The Morgan fingerprint density at radius 3 is 2.18 bits per heavy atom. The molecular formula is C12H25N3O2. The number of likely N-dealkylation sites (N-methyl/N-ethyl adjacent to an activating group) is 2. The Kier molecular flexibility index (Phi) is 8.19. The smallest absolute Gasteiger partial charge is 0.317 e. The van der Waals surface area contributed by atoms with Crippen molar-refractivity contribution in [3.63, 3.8) is 0 Å². The minimum absolute atomic E-state index is 0.0110. The van der Waals surface area contributed by atoms with Crippen molar-refractivity contribution < 1.29 is 9.59 Å². The third-order valence-corrected chi connectivity index (χ3v) is 2.64. The fourth-order valence-corrected chi connectivity index (χ4v) is 1.46. The highest BCUT2D eigenvalue weighted by molar-refractivity contribution is 5.83. The molecule has 3 amide bonds.